The highest BCUT2D eigenvalue weighted by molar-refractivity contribution is 5.96. The number of fused-ring (bicyclic) bond motifs is 1. The highest BCUT2D eigenvalue weighted by Gasteiger charge is 2.63. The molecule has 1 atom stereocenters. The minimum atomic E-state index is -5.37. The predicted molar refractivity (Wildman–Crippen MR) is 85.5 cm³/mol. The molecule has 142 valence electrons. The molecule has 9 heteroatoms. The third kappa shape index (κ3) is 3.26. The summed E-state index contributed by atoms with van der Waals surface area (Å²) in [4.78, 5) is 24.2. The summed E-state index contributed by atoms with van der Waals surface area (Å²) in [5, 5.41) is 10.1. The zero-order valence-corrected chi connectivity index (χ0v) is 14.5. The van der Waals surface area contributed by atoms with E-state index in [9.17, 15) is 27.9 Å². The lowest BCUT2D eigenvalue weighted by Crippen LogP contribution is -2.49. The molecule has 1 aromatic heterocycles. The molecule has 1 aromatic carbocycles. The summed E-state index contributed by atoms with van der Waals surface area (Å²) in [6, 6.07) is 5.54. The molecule has 0 aliphatic carbocycles. The Morgan fingerprint density at radius 1 is 1.12 bits per heavy atom. The number of carbonyl (C=O) groups is 2. The van der Waals surface area contributed by atoms with Crippen LogP contribution in [0.25, 0.3) is 10.9 Å². The first-order chi connectivity index (χ1) is 11.8. The molecule has 0 spiro atoms. The van der Waals surface area contributed by atoms with Gasteiger partial charge >= 0.3 is 18.2 Å². The fourth-order valence-electron chi connectivity index (χ4n) is 2.46. The van der Waals surface area contributed by atoms with E-state index in [2.05, 4.69) is 4.74 Å². The molecular formula is C17H18F3NO5. The van der Waals surface area contributed by atoms with Crippen molar-refractivity contribution in [2.24, 2.45) is 0 Å². The Morgan fingerprint density at radius 3 is 2.19 bits per heavy atom. The van der Waals surface area contributed by atoms with Crippen molar-refractivity contribution in [1.82, 2.24) is 4.57 Å². The van der Waals surface area contributed by atoms with Crippen LogP contribution in [0.4, 0.5) is 18.0 Å². The molecule has 0 unspecified atom stereocenters. The Balaban J connectivity index is 2.76. The third-order valence-corrected chi connectivity index (χ3v) is 3.58. The second-order valence-electron chi connectivity index (χ2n) is 6.61. The first kappa shape index (κ1) is 19.8. The van der Waals surface area contributed by atoms with Gasteiger partial charge in [0.05, 0.1) is 12.6 Å². The third-order valence-electron chi connectivity index (χ3n) is 3.58. The summed E-state index contributed by atoms with van der Waals surface area (Å²) in [6.45, 7) is 4.79. The van der Waals surface area contributed by atoms with Crippen LogP contribution in [0.2, 0.25) is 0 Å². The number of nitrogens with zero attached hydrogens (tertiary/aromatic N) is 1. The van der Waals surface area contributed by atoms with Crippen LogP contribution < -0.4 is 0 Å². The highest BCUT2D eigenvalue weighted by Crippen LogP contribution is 2.43. The van der Waals surface area contributed by atoms with Gasteiger partial charge in [0, 0.05) is 17.1 Å². The predicted octanol–water partition coefficient (Wildman–Crippen LogP) is 3.35. The standard InChI is InChI=1S/C17H18F3NO5/c1-15(2,3)26-14(23)21-9-11(10-7-5-6-8-12(10)21)16(24,13(22)25-4)17(18,19)20/h5-9,24H,1-4H3/t16-/m1/s1. The average molecular weight is 373 g/mol. The van der Waals surface area contributed by atoms with Gasteiger partial charge in [-0.05, 0) is 26.8 Å². The van der Waals surface area contributed by atoms with Gasteiger partial charge in [-0.3, -0.25) is 4.57 Å². The minimum Gasteiger partial charge on any atom is -0.466 e. The SMILES string of the molecule is COC(=O)[C@](O)(c1cn(C(=O)OC(C)(C)C)c2ccccc12)C(F)(F)F. The summed E-state index contributed by atoms with van der Waals surface area (Å²) in [5.74, 6) is -1.91. The molecule has 0 saturated heterocycles. The number of hydrogen-bond acceptors (Lipinski definition) is 5. The molecule has 0 fully saturated rings. The number of alkyl halides is 3. The van der Waals surface area contributed by atoms with Gasteiger partial charge in [-0.1, -0.05) is 18.2 Å². The van der Waals surface area contributed by atoms with Crippen molar-refractivity contribution in [1.29, 1.82) is 0 Å². The first-order valence-electron chi connectivity index (χ1n) is 7.54. The summed E-state index contributed by atoms with van der Waals surface area (Å²) in [7, 11) is 0.728. The maximum Gasteiger partial charge on any atom is 0.432 e. The fourth-order valence-corrected chi connectivity index (χ4v) is 2.46. The molecule has 2 rings (SSSR count). The largest absolute Gasteiger partial charge is 0.466 e. The lowest BCUT2D eigenvalue weighted by atomic mass is 9.93. The molecule has 0 bridgehead atoms. The summed E-state index contributed by atoms with van der Waals surface area (Å²) < 4.78 is 50.8. The Morgan fingerprint density at radius 2 is 1.69 bits per heavy atom. The summed E-state index contributed by atoms with van der Waals surface area (Å²) in [5.41, 5.74) is -5.61. The second kappa shape index (κ2) is 6.31. The number of aromatic nitrogens is 1. The Bertz CT molecular complexity index is 850. The number of ether oxygens (including phenoxy) is 2. The molecule has 2 aromatic rings. The average Bonchev–Trinajstić information content (AvgIpc) is 2.90. The van der Waals surface area contributed by atoms with E-state index in [0.717, 1.165) is 17.9 Å². The smallest absolute Gasteiger partial charge is 0.432 e. The van der Waals surface area contributed by atoms with Crippen LogP contribution in [0, 0.1) is 0 Å². The maximum atomic E-state index is 13.6. The molecule has 6 nitrogen and oxygen atoms in total. The number of carbonyl (C=O) groups excluding carboxylic acids is 2. The summed E-state index contributed by atoms with van der Waals surface area (Å²) in [6.07, 6.45) is -5.58. The van der Waals surface area contributed by atoms with Crippen LogP contribution in [-0.2, 0) is 19.9 Å². The number of methoxy groups -OCH3 is 1. The molecule has 0 amide bonds. The van der Waals surface area contributed by atoms with Crippen molar-refractivity contribution in [2.45, 2.75) is 38.1 Å². The van der Waals surface area contributed by atoms with Crippen molar-refractivity contribution in [3.8, 4) is 0 Å². The van der Waals surface area contributed by atoms with E-state index in [1.54, 1.807) is 20.8 Å². The van der Waals surface area contributed by atoms with E-state index >= 15 is 0 Å². The molecule has 0 saturated carbocycles. The van der Waals surface area contributed by atoms with Crippen LogP contribution in [0.1, 0.15) is 26.3 Å². The van der Waals surface area contributed by atoms with Crippen molar-refractivity contribution < 1.29 is 37.3 Å². The number of aliphatic hydroxyl groups is 1. The van der Waals surface area contributed by atoms with E-state index in [1.807, 2.05) is 0 Å². The normalized spacial score (nSPS) is 14.8. The van der Waals surface area contributed by atoms with Crippen LogP contribution in [0.3, 0.4) is 0 Å². The number of para-hydroxylation sites is 1. The Labute approximate surface area is 147 Å². The number of hydrogen-bond donors (Lipinski definition) is 1. The molecule has 26 heavy (non-hydrogen) atoms. The van der Waals surface area contributed by atoms with Crippen molar-refractivity contribution in [3.05, 3.63) is 36.0 Å². The lowest BCUT2D eigenvalue weighted by molar-refractivity contribution is -0.266. The fraction of sp³-hybridized carbons (Fsp3) is 0.412. The van der Waals surface area contributed by atoms with Gasteiger partial charge in [-0.15, -0.1) is 0 Å². The van der Waals surface area contributed by atoms with Crippen molar-refractivity contribution in [2.75, 3.05) is 7.11 Å². The van der Waals surface area contributed by atoms with Crippen LogP contribution in [-0.4, -0.2) is 40.6 Å². The number of halogens is 3. The van der Waals surface area contributed by atoms with Gasteiger partial charge < -0.3 is 14.6 Å². The lowest BCUT2D eigenvalue weighted by Gasteiger charge is -2.27. The molecule has 0 aliphatic heterocycles. The van der Waals surface area contributed by atoms with E-state index < -0.39 is 35.0 Å². The molecule has 1 heterocycles. The van der Waals surface area contributed by atoms with E-state index in [-0.39, 0.29) is 10.9 Å². The molecule has 0 radical (unpaired) electrons. The number of esters is 1. The van der Waals surface area contributed by atoms with E-state index in [1.165, 1.54) is 24.3 Å². The minimum absolute atomic E-state index is 0.0447. The Kier molecular flexibility index (Phi) is 4.80. The van der Waals surface area contributed by atoms with E-state index in [0.29, 0.717) is 0 Å². The molecule has 1 N–H and O–H groups in total. The number of benzene rings is 1. The van der Waals surface area contributed by atoms with Crippen LogP contribution in [0.15, 0.2) is 30.5 Å². The monoisotopic (exact) mass is 373 g/mol. The summed E-state index contributed by atoms with van der Waals surface area (Å²) >= 11 is 0. The van der Waals surface area contributed by atoms with Gasteiger partial charge in [0.15, 0.2) is 0 Å². The Hall–Kier alpha value is -2.55. The molecular weight excluding hydrogens is 355 g/mol. The van der Waals surface area contributed by atoms with Gasteiger partial charge in [0.1, 0.15) is 5.60 Å². The highest BCUT2D eigenvalue weighted by atomic mass is 19.4. The first-order valence-corrected chi connectivity index (χ1v) is 7.54. The van der Waals surface area contributed by atoms with Crippen molar-refractivity contribution in [3.63, 3.8) is 0 Å². The topological polar surface area (TPSA) is 77.8 Å². The van der Waals surface area contributed by atoms with Crippen LogP contribution in [0.5, 0.6) is 0 Å². The van der Waals surface area contributed by atoms with E-state index in [4.69, 9.17) is 4.74 Å². The van der Waals surface area contributed by atoms with Crippen molar-refractivity contribution >= 4 is 23.0 Å². The van der Waals surface area contributed by atoms with Gasteiger partial charge in [0.25, 0.3) is 5.60 Å². The van der Waals surface area contributed by atoms with Gasteiger partial charge in [-0.2, -0.15) is 13.2 Å². The van der Waals surface area contributed by atoms with Gasteiger partial charge in [-0.25, -0.2) is 9.59 Å². The van der Waals surface area contributed by atoms with Crippen LogP contribution >= 0.6 is 0 Å². The zero-order chi connectivity index (χ0) is 19.9. The zero-order valence-electron chi connectivity index (χ0n) is 14.5. The maximum absolute atomic E-state index is 13.6. The molecule has 0 aliphatic rings. The van der Waals surface area contributed by atoms with Gasteiger partial charge in [0.2, 0.25) is 0 Å². The quantitative estimate of drug-likeness (QED) is 0.817. The second-order valence-corrected chi connectivity index (χ2v) is 6.61. The number of rotatable bonds is 2.